The van der Waals surface area contributed by atoms with Crippen molar-refractivity contribution in [2.45, 2.75) is 33.2 Å². The SMILES string of the molecule is CCC(CC)(CNCc1cn(-c2ccccc2)nc1-c1cccnc1)C(=O)O. The van der Waals surface area contributed by atoms with Crippen LogP contribution < -0.4 is 5.32 Å². The van der Waals surface area contributed by atoms with E-state index in [4.69, 9.17) is 5.10 Å². The number of hydrogen-bond donors (Lipinski definition) is 2. The summed E-state index contributed by atoms with van der Waals surface area (Å²) in [4.78, 5) is 15.9. The molecule has 3 aromatic rings. The van der Waals surface area contributed by atoms with Crippen LogP contribution in [-0.2, 0) is 11.3 Å². The molecule has 3 rings (SSSR count). The summed E-state index contributed by atoms with van der Waals surface area (Å²) in [5, 5.41) is 17.7. The van der Waals surface area contributed by atoms with Gasteiger partial charge in [0.2, 0.25) is 0 Å². The number of aromatic nitrogens is 3. The highest BCUT2D eigenvalue weighted by atomic mass is 16.4. The summed E-state index contributed by atoms with van der Waals surface area (Å²) < 4.78 is 1.85. The minimum absolute atomic E-state index is 0.415. The molecule has 0 saturated heterocycles. The van der Waals surface area contributed by atoms with Gasteiger partial charge in [-0.15, -0.1) is 0 Å². The maximum absolute atomic E-state index is 11.7. The first-order valence-electron chi connectivity index (χ1n) is 9.58. The zero-order valence-corrected chi connectivity index (χ0v) is 16.3. The predicted octanol–water partition coefficient (Wildman–Crippen LogP) is 3.91. The van der Waals surface area contributed by atoms with E-state index in [1.165, 1.54) is 0 Å². The van der Waals surface area contributed by atoms with Crippen LogP contribution in [0.3, 0.4) is 0 Å². The normalized spacial score (nSPS) is 11.5. The molecule has 0 aliphatic rings. The van der Waals surface area contributed by atoms with E-state index in [0.717, 1.165) is 22.5 Å². The van der Waals surface area contributed by atoms with E-state index < -0.39 is 11.4 Å². The Kier molecular flexibility index (Phi) is 6.21. The predicted molar refractivity (Wildman–Crippen MR) is 109 cm³/mol. The molecule has 0 atom stereocenters. The Hall–Kier alpha value is -2.99. The van der Waals surface area contributed by atoms with E-state index in [2.05, 4.69) is 10.3 Å². The monoisotopic (exact) mass is 378 g/mol. The van der Waals surface area contributed by atoms with Gasteiger partial charge in [-0.3, -0.25) is 9.78 Å². The van der Waals surface area contributed by atoms with Gasteiger partial charge in [0.25, 0.3) is 0 Å². The van der Waals surface area contributed by atoms with Gasteiger partial charge >= 0.3 is 5.97 Å². The Morgan fingerprint density at radius 3 is 2.50 bits per heavy atom. The maximum atomic E-state index is 11.7. The summed E-state index contributed by atoms with van der Waals surface area (Å²) in [7, 11) is 0. The average molecular weight is 378 g/mol. The molecule has 1 aromatic carbocycles. The van der Waals surface area contributed by atoms with Crippen LogP contribution >= 0.6 is 0 Å². The second kappa shape index (κ2) is 8.80. The van der Waals surface area contributed by atoms with Crippen molar-refractivity contribution >= 4 is 5.97 Å². The van der Waals surface area contributed by atoms with Gasteiger partial charge in [0.1, 0.15) is 0 Å². The minimum atomic E-state index is -0.752. The summed E-state index contributed by atoms with van der Waals surface area (Å²) in [5.74, 6) is -0.752. The molecule has 6 heteroatoms. The van der Waals surface area contributed by atoms with Crippen molar-refractivity contribution in [3.05, 3.63) is 66.6 Å². The van der Waals surface area contributed by atoms with Crippen molar-refractivity contribution in [1.82, 2.24) is 20.1 Å². The van der Waals surface area contributed by atoms with E-state index in [9.17, 15) is 9.90 Å². The summed E-state index contributed by atoms with van der Waals surface area (Å²) in [6, 6.07) is 13.8. The third-order valence-corrected chi connectivity index (χ3v) is 5.33. The highest BCUT2D eigenvalue weighted by Crippen LogP contribution is 2.27. The van der Waals surface area contributed by atoms with Crippen molar-refractivity contribution in [1.29, 1.82) is 0 Å². The van der Waals surface area contributed by atoms with Gasteiger partial charge in [-0.25, -0.2) is 4.68 Å². The van der Waals surface area contributed by atoms with E-state index in [-0.39, 0.29) is 0 Å². The van der Waals surface area contributed by atoms with E-state index in [1.807, 2.05) is 67.2 Å². The molecule has 6 nitrogen and oxygen atoms in total. The second-order valence-corrected chi connectivity index (χ2v) is 6.92. The number of carbonyl (C=O) groups is 1. The van der Waals surface area contributed by atoms with E-state index in [1.54, 1.807) is 12.4 Å². The van der Waals surface area contributed by atoms with Crippen LogP contribution in [0.2, 0.25) is 0 Å². The number of pyridine rings is 1. The number of nitrogens with one attached hydrogen (secondary N) is 1. The third-order valence-electron chi connectivity index (χ3n) is 5.33. The van der Waals surface area contributed by atoms with Gasteiger partial charge in [0.05, 0.1) is 16.8 Å². The Balaban J connectivity index is 1.87. The van der Waals surface area contributed by atoms with Gasteiger partial charge in [0, 0.05) is 42.8 Å². The van der Waals surface area contributed by atoms with Gasteiger partial charge in [-0.1, -0.05) is 32.0 Å². The van der Waals surface area contributed by atoms with Gasteiger partial charge in [0.15, 0.2) is 0 Å². The van der Waals surface area contributed by atoms with Crippen molar-refractivity contribution in [3.8, 4) is 16.9 Å². The van der Waals surface area contributed by atoms with E-state index in [0.29, 0.717) is 25.9 Å². The first-order valence-corrected chi connectivity index (χ1v) is 9.58. The quantitative estimate of drug-likeness (QED) is 0.590. The number of hydrogen-bond acceptors (Lipinski definition) is 4. The number of nitrogens with zero attached hydrogens (tertiary/aromatic N) is 3. The number of rotatable bonds is 9. The molecular weight excluding hydrogens is 352 g/mol. The molecule has 0 spiro atoms. The number of benzene rings is 1. The molecule has 0 saturated carbocycles. The Labute approximate surface area is 165 Å². The molecule has 0 bridgehead atoms. The number of carboxylic acid groups (broad SMARTS) is 1. The molecule has 2 N–H and O–H groups in total. The first kappa shape index (κ1) is 19.8. The zero-order valence-electron chi connectivity index (χ0n) is 16.3. The average Bonchev–Trinajstić information content (AvgIpc) is 3.17. The highest BCUT2D eigenvalue weighted by Gasteiger charge is 2.34. The van der Waals surface area contributed by atoms with Crippen LogP contribution in [-0.4, -0.2) is 32.4 Å². The fourth-order valence-corrected chi connectivity index (χ4v) is 3.31. The Morgan fingerprint density at radius 2 is 1.89 bits per heavy atom. The van der Waals surface area contributed by atoms with E-state index >= 15 is 0 Å². The molecule has 0 fully saturated rings. The molecule has 146 valence electrons. The molecule has 0 unspecified atom stereocenters. The van der Waals surface area contributed by atoms with Crippen molar-refractivity contribution in [2.75, 3.05) is 6.54 Å². The summed E-state index contributed by atoms with van der Waals surface area (Å²) >= 11 is 0. The third kappa shape index (κ3) is 4.12. The standard InChI is InChI=1S/C22H26N4O2/c1-3-22(4-2,21(27)28)16-24-14-18-15-26(19-10-6-5-7-11-19)25-20(18)17-9-8-12-23-13-17/h5-13,15,24H,3-4,14,16H2,1-2H3,(H,27,28). The summed E-state index contributed by atoms with van der Waals surface area (Å²) in [5.41, 5.74) is 3.01. The van der Waals surface area contributed by atoms with Crippen molar-refractivity contribution in [3.63, 3.8) is 0 Å². The molecule has 28 heavy (non-hydrogen) atoms. The van der Waals surface area contributed by atoms with Gasteiger partial charge < -0.3 is 10.4 Å². The number of aliphatic carboxylic acids is 1. The fourth-order valence-electron chi connectivity index (χ4n) is 3.31. The maximum Gasteiger partial charge on any atom is 0.310 e. The Bertz CT molecular complexity index is 903. The fraction of sp³-hybridized carbons (Fsp3) is 0.318. The highest BCUT2D eigenvalue weighted by molar-refractivity contribution is 5.74. The topological polar surface area (TPSA) is 80.0 Å². The molecule has 0 radical (unpaired) electrons. The van der Waals surface area contributed by atoms with Crippen LogP contribution in [0.1, 0.15) is 32.3 Å². The smallest absolute Gasteiger partial charge is 0.310 e. The summed E-state index contributed by atoms with van der Waals surface area (Å²) in [6.45, 7) is 4.80. The molecule has 2 heterocycles. The lowest BCUT2D eigenvalue weighted by atomic mass is 9.82. The molecule has 2 aromatic heterocycles. The second-order valence-electron chi connectivity index (χ2n) is 6.92. The van der Waals surface area contributed by atoms with Crippen LogP contribution in [0.5, 0.6) is 0 Å². The summed E-state index contributed by atoms with van der Waals surface area (Å²) in [6.07, 6.45) is 6.69. The Morgan fingerprint density at radius 1 is 1.14 bits per heavy atom. The molecular formula is C22H26N4O2. The van der Waals surface area contributed by atoms with Crippen LogP contribution in [0.25, 0.3) is 16.9 Å². The van der Waals surface area contributed by atoms with Gasteiger partial charge in [-0.2, -0.15) is 5.10 Å². The molecule has 0 aliphatic carbocycles. The van der Waals surface area contributed by atoms with Crippen LogP contribution in [0, 0.1) is 5.41 Å². The lowest BCUT2D eigenvalue weighted by Crippen LogP contribution is -2.40. The number of para-hydroxylation sites is 1. The lowest BCUT2D eigenvalue weighted by molar-refractivity contribution is -0.149. The molecule has 0 aliphatic heterocycles. The van der Waals surface area contributed by atoms with Crippen molar-refractivity contribution < 1.29 is 9.90 Å². The minimum Gasteiger partial charge on any atom is -0.481 e. The number of carboxylic acids is 1. The lowest BCUT2D eigenvalue weighted by Gasteiger charge is -2.27. The first-order chi connectivity index (χ1) is 13.6. The van der Waals surface area contributed by atoms with Gasteiger partial charge in [-0.05, 0) is 37.1 Å². The van der Waals surface area contributed by atoms with Crippen molar-refractivity contribution in [2.24, 2.45) is 5.41 Å². The largest absolute Gasteiger partial charge is 0.481 e. The molecule has 0 amide bonds. The van der Waals surface area contributed by atoms with Crippen LogP contribution in [0.15, 0.2) is 61.1 Å². The zero-order chi connectivity index (χ0) is 20.0. The van der Waals surface area contributed by atoms with Crippen LogP contribution in [0.4, 0.5) is 0 Å².